The zero-order valence-electron chi connectivity index (χ0n) is 14.1. The largest absolute Gasteiger partial charge is 0.491 e. The molecule has 0 aromatic heterocycles. The highest BCUT2D eigenvalue weighted by molar-refractivity contribution is 14.0. The maximum absolute atomic E-state index is 6.06. The number of nitrogens with two attached hydrogens (primary N) is 1. The van der Waals surface area contributed by atoms with Crippen LogP contribution in [0.3, 0.4) is 0 Å². The van der Waals surface area contributed by atoms with Gasteiger partial charge >= 0.3 is 0 Å². The normalized spacial score (nSPS) is 14.7. The number of benzene rings is 2. The number of hydrogen-bond donors (Lipinski definition) is 1. The van der Waals surface area contributed by atoms with Gasteiger partial charge in [0.2, 0.25) is 0 Å². The Kier molecular flexibility index (Phi) is 8.40. The molecule has 1 saturated heterocycles. The highest BCUT2D eigenvalue weighted by atomic mass is 127. The lowest BCUT2D eigenvalue weighted by Gasteiger charge is -2.27. The fourth-order valence-corrected chi connectivity index (χ4v) is 3.56. The van der Waals surface area contributed by atoms with Gasteiger partial charge in [-0.3, -0.25) is 0 Å². The van der Waals surface area contributed by atoms with Crippen molar-refractivity contribution in [2.75, 3.05) is 37.7 Å². The van der Waals surface area contributed by atoms with Gasteiger partial charge in [0.25, 0.3) is 0 Å². The number of guanidine groups is 1. The summed E-state index contributed by atoms with van der Waals surface area (Å²) >= 11 is 1.96. The minimum absolute atomic E-state index is 0. The van der Waals surface area contributed by atoms with E-state index < -0.39 is 0 Å². The third-order valence-electron chi connectivity index (χ3n) is 3.93. The summed E-state index contributed by atoms with van der Waals surface area (Å²) in [5.41, 5.74) is 8.31. The number of aliphatic imine (C=N–C) groups is 1. The van der Waals surface area contributed by atoms with E-state index in [1.165, 1.54) is 0 Å². The van der Waals surface area contributed by atoms with Crippen molar-refractivity contribution in [2.45, 2.75) is 0 Å². The quantitative estimate of drug-likeness (QED) is 0.314. The van der Waals surface area contributed by atoms with E-state index in [0.29, 0.717) is 19.1 Å². The first-order chi connectivity index (χ1) is 11.8. The van der Waals surface area contributed by atoms with Crippen molar-refractivity contribution in [2.24, 2.45) is 10.7 Å². The summed E-state index contributed by atoms with van der Waals surface area (Å²) < 4.78 is 5.94. The van der Waals surface area contributed by atoms with Crippen LogP contribution in [-0.2, 0) is 0 Å². The molecule has 1 fully saturated rings. The van der Waals surface area contributed by atoms with Crippen LogP contribution in [0.15, 0.2) is 59.6 Å². The Labute approximate surface area is 170 Å². The SMILES string of the molecule is I.NC(=NCCOc1ccccc1-c1ccccc1)N1CCSCC1. The van der Waals surface area contributed by atoms with E-state index in [2.05, 4.69) is 28.1 Å². The van der Waals surface area contributed by atoms with Crippen LogP contribution in [0.4, 0.5) is 0 Å². The van der Waals surface area contributed by atoms with Crippen molar-refractivity contribution in [3.05, 3.63) is 54.6 Å². The van der Waals surface area contributed by atoms with E-state index in [1.807, 2.05) is 48.2 Å². The molecule has 4 nitrogen and oxygen atoms in total. The molecule has 1 aliphatic heterocycles. The van der Waals surface area contributed by atoms with E-state index in [9.17, 15) is 0 Å². The van der Waals surface area contributed by atoms with Gasteiger partial charge in [0.1, 0.15) is 12.4 Å². The third-order valence-corrected chi connectivity index (χ3v) is 4.87. The van der Waals surface area contributed by atoms with Crippen molar-refractivity contribution < 1.29 is 4.74 Å². The molecule has 0 aliphatic carbocycles. The van der Waals surface area contributed by atoms with Crippen LogP contribution < -0.4 is 10.5 Å². The zero-order chi connectivity index (χ0) is 16.6. The first kappa shape index (κ1) is 19.9. The van der Waals surface area contributed by atoms with Crippen molar-refractivity contribution in [1.82, 2.24) is 4.90 Å². The molecule has 6 heteroatoms. The van der Waals surface area contributed by atoms with Gasteiger partial charge in [0.05, 0.1) is 6.54 Å². The molecule has 0 radical (unpaired) electrons. The fourth-order valence-electron chi connectivity index (χ4n) is 2.66. The number of thioether (sulfide) groups is 1. The molecule has 1 heterocycles. The van der Waals surface area contributed by atoms with Gasteiger partial charge in [-0.1, -0.05) is 48.5 Å². The third kappa shape index (κ3) is 5.81. The Morgan fingerprint density at radius 2 is 1.72 bits per heavy atom. The average molecular weight is 469 g/mol. The first-order valence-electron chi connectivity index (χ1n) is 8.24. The van der Waals surface area contributed by atoms with Crippen LogP contribution >= 0.6 is 35.7 Å². The van der Waals surface area contributed by atoms with Crippen molar-refractivity contribution >= 4 is 41.7 Å². The molecule has 0 saturated carbocycles. The second-order valence-corrected chi connectivity index (χ2v) is 6.77. The van der Waals surface area contributed by atoms with Crippen LogP contribution in [-0.4, -0.2) is 48.6 Å². The van der Waals surface area contributed by atoms with Crippen LogP contribution in [0, 0.1) is 0 Å². The standard InChI is InChI=1S/C19H23N3OS.HI/c20-19(22-11-14-24-15-12-22)21-10-13-23-18-9-5-4-8-17(18)16-6-2-1-3-7-16;/h1-9H,10-15H2,(H2,20,21);1H. The average Bonchev–Trinajstić information content (AvgIpc) is 2.67. The minimum Gasteiger partial charge on any atom is -0.491 e. The predicted molar refractivity (Wildman–Crippen MR) is 118 cm³/mol. The second-order valence-electron chi connectivity index (χ2n) is 5.55. The van der Waals surface area contributed by atoms with Gasteiger partial charge in [-0.25, -0.2) is 4.99 Å². The number of rotatable bonds is 5. The molecule has 0 spiro atoms. The minimum atomic E-state index is 0. The van der Waals surface area contributed by atoms with Crippen LogP contribution in [0.5, 0.6) is 5.75 Å². The summed E-state index contributed by atoms with van der Waals surface area (Å²) in [6.45, 7) is 3.06. The van der Waals surface area contributed by atoms with Crippen LogP contribution in [0.25, 0.3) is 11.1 Å². The summed E-state index contributed by atoms with van der Waals surface area (Å²) in [5.74, 6) is 3.76. The van der Waals surface area contributed by atoms with Crippen molar-refractivity contribution in [3.63, 3.8) is 0 Å². The fraction of sp³-hybridized carbons (Fsp3) is 0.316. The molecule has 2 aromatic carbocycles. The van der Waals surface area contributed by atoms with Gasteiger partial charge in [0, 0.05) is 30.2 Å². The number of halogens is 1. The number of hydrogen-bond acceptors (Lipinski definition) is 3. The van der Waals surface area contributed by atoms with E-state index in [-0.39, 0.29) is 24.0 Å². The van der Waals surface area contributed by atoms with Crippen molar-refractivity contribution in [3.8, 4) is 16.9 Å². The lowest BCUT2D eigenvalue weighted by molar-refractivity contribution is 0.328. The number of para-hydroxylation sites is 1. The van der Waals surface area contributed by atoms with Gasteiger partial charge in [-0.2, -0.15) is 11.8 Å². The van der Waals surface area contributed by atoms with Gasteiger partial charge in [-0.05, 0) is 11.6 Å². The monoisotopic (exact) mass is 469 g/mol. The molecule has 3 rings (SSSR count). The van der Waals surface area contributed by atoms with Crippen LogP contribution in [0.2, 0.25) is 0 Å². The molecule has 0 unspecified atom stereocenters. The maximum atomic E-state index is 6.06. The molecule has 2 N–H and O–H groups in total. The second kappa shape index (κ2) is 10.6. The van der Waals surface area contributed by atoms with Gasteiger partial charge < -0.3 is 15.4 Å². The van der Waals surface area contributed by atoms with Gasteiger partial charge in [0.15, 0.2) is 5.96 Å². The molecule has 0 atom stereocenters. The highest BCUT2D eigenvalue weighted by Gasteiger charge is 2.11. The Hall–Kier alpha value is -1.41. The zero-order valence-corrected chi connectivity index (χ0v) is 17.3. The summed E-state index contributed by atoms with van der Waals surface area (Å²) in [7, 11) is 0. The molecular formula is C19H24IN3OS. The van der Waals surface area contributed by atoms with E-state index in [4.69, 9.17) is 10.5 Å². The van der Waals surface area contributed by atoms with Crippen LogP contribution in [0.1, 0.15) is 0 Å². The van der Waals surface area contributed by atoms with Crippen molar-refractivity contribution in [1.29, 1.82) is 0 Å². The predicted octanol–water partition coefficient (Wildman–Crippen LogP) is 3.71. The molecule has 0 amide bonds. The lowest BCUT2D eigenvalue weighted by Crippen LogP contribution is -2.42. The van der Waals surface area contributed by atoms with Gasteiger partial charge in [-0.15, -0.1) is 24.0 Å². The Balaban J connectivity index is 0.00000225. The smallest absolute Gasteiger partial charge is 0.191 e. The number of nitrogens with zero attached hydrogens (tertiary/aromatic N) is 2. The summed E-state index contributed by atoms with van der Waals surface area (Å²) in [6.07, 6.45) is 0. The summed E-state index contributed by atoms with van der Waals surface area (Å²) in [6, 6.07) is 18.4. The Morgan fingerprint density at radius 1 is 1.04 bits per heavy atom. The molecule has 0 bridgehead atoms. The number of ether oxygens (including phenoxy) is 1. The molecule has 25 heavy (non-hydrogen) atoms. The maximum Gasteiger partial charge on any atom is 0.191 e. The Morgan fingerprint density at radius 3 is 2.48 bits per heavy atom. The molecule has 1 aliphatic rings. The summed E-state index contributed by atoms with van der Waals surface area (Å²) in [5, 5.41) is 0. The lowest BCUT2D eigenvalue weighted by atomic mass is 10.1. The van der Waals surface area contributed by atoms with E-state index >= 15 is 0 Å². The molecule has 2 aromatic rings. The van der Waals surface area contributed by atoms with E-state index in [0.717, 1.165) is 41.5 Å². The van der Waals surface area contributed by atoms with E-state index in [1.54, 1.807) is 0 Å². The molecule has 134 valence electrons. The highest BCUT2D eigenvalue weighted by Crippen LogP contribution is 2.29. The Bertz CT molecular complexity index is 675. The topological polar surface area (TPSA) is 50.9 Å². The summed E-state index contributed by atoms with van der Waals surface area (Å²) in [4.78, 5) is 6.60. The first-order valence-corrected chi connectivity index (χ1v) is 9.40. The molecular weight excluding hydrogens is 445 g/mol.